The van der Waals surface area contributed by atoms with Crippen molar-refractivity contribution in [3.8, 4) is 0 Å². The number of benzene rings is 3. The number of halogens is 2. The number of non-ortho nitro benzene ring substituents is 1. The first-order valence-corrected chi connectivity index (χ1v) is 11.3. The molecule has 0 atom stereocenters. The van der Waals surface area contributed by atoms with Gasteiger partial charge in [0, 0.05) is 12.1 Å². The molecule has 0 saturated carbocycles. The van der Waals surface area contributed by atoms with Crippen LogP contribution in [0.25, 0.3) is 6.08 Å². The topological polar surface area (TPSA) is 114 Å². The maximum absolute atomic E-state index is 13.0. The van der Waals surface area contributed by atoms with Crippen molar-refractivity contribution >= 4 is 62.6 Å². The molecule has 3 aromatic rings. The molecule has 0 aromatic heterocycles. The van der Waals surface area contributed by atoms with Crippen LogP contribution < -0.4 is 10.1 Å². The van der Waals surface area contributed by atoms with E-state index in [2.05, 4.69) is 15.2 Å². The zero-order valence-corrected chi connectivity index (χ0v) is 18.6. The van der Waals surface area contributed by atoms with Crippen molar-refractivity contribution in [3.63, 3.8) is 0 Å². The van der Waals surface area contributed by atoms with Gasteiger partial charge in [0.15, 0.2) is 0 Å². The molecule has 0 amide bonds. The summed E-state index contributed by atoms with van der Waals surface area (Å²) in [7, 11) is -4.24. The van der Waals surface area contributed by atoms with Crippen molar-refractivity contribution < 1.29 is 13.3 Å². The Morgan fingerprint density at radius 3 is 2.38 bits per heavy atom. The number of nitro groups is 1. The van der Waals surface area contributed by atoms with Crippen molar-refractivity contribution in [1.29, 1.82) is 0 Å². The van der Waals surface area contributed by atoms with E-state index in [0.29, 0.717) is 0 Å². The lowest BCUT2D eigenvalue weighted by atomic mass is 10.2. The molecule has 2 N–H and O–H groups in total. The van der Waals surface area contributed by atoms with Gasteiger partial charge in [-0.15, -0.1) is 0 Å². The van der Waals surface area contributed by atoms with Gasteiger partial charge in [-0.25, -0.2) is 8.42 Å². The minimum Gasteiger partial charge on any atom is -0.278 e. The second kappa shape index (κ2) is 10.3. The highest BCUT2D eigenvalue weighted by Gasteiger charge is 2.23. The first kappa shape index (κ1) is 23.3. The molecule has 0 radical (unpaired) electrons. The summed E-state index contributed by atoms with van der Waals surface area (Å²) in [5.41, 5.74) is 3.16. The van der Waals surface area contributed by atoms with Crippen LogP contribution in [0.5, 0.6) is 0 Å². The summed E-state index contributed by atoms with van der Waals surface area (Å²) >= 11 is 12.2. The summed E-state index contributed by atoms with van der Waals surface area (Å²) in [5.74, 6) is 0. The van der Waals surface area contributed by atoms with Crippen molar-refractivity contribution in [2.24, 2.45) is 5.10 Å². The third-order valence-corrected chi connectivity index (χ3v) is 6.00. The normalized spacial score (nSPS) is 12.0. The van der Waals surface area contributed by atoms with Gasteiger partial charge in [-0.2, -0.15) is 5.10 Å². The van der Waals surface area contributed by atoms with Gasteiger partial charge in [-0.1, -0.05) is 65.7 Å². The lowest BCUT2D eigenvalue weighted by Crippen LogP contribution is -2.15. The van der Waals surface area contributed by atoms with Gasteiger partial charge in [-0.05, 0) is 29.8 Å². The van der Waals surface area contributed by atoms with E-state index < -0.39 is 20.6 Å². The fourth-order valence-corrected chi connectivity index (χ4v) is 4.26. The van der Waals surface area contributed by atoms with E-state index in [4.69, 9.17) is 23.2 Å². The van der Waals surface area contributed by atoms with Gasteiger partial charge >= 0.3 is 0 Å². The average Bonchev–Trinajstić information content (AvgIpc) is 2.76. The zero-order chi connectivity index (χ0) is 23.1. The Labute approximate surface area is 194 Å². The molecule has 0 aliphatic rings. The Balaban J connectivity index is 1.90. The number of hydrogen-bond acceptors (Lipinski definition) is 6. The number of nitrogens with one attached hydrogen (secondary N) is 2. The highest BCUT2D eigenvalue weighted by Crippen LogP contribution is 2.30. The van der Waals surface area contributed by atoms with Crippen LogP contribution in [-0.4, -0.2) is 19.6 Å². The maximum Gasteiger partial charge on any atom is 0.270 e. The summed E-state index contributed by atoms with van der Waals surface area (Å²) in [4.78, 5) is 10.1. The molecular weight excluding hydrogens is 475 g/mol. The molecule has 0 spiro atoms. The van der Waals surface area contributed by atoms with Crippen molar-refractivity contribution in [1.82, 2.24) is 0 Å². The number of sulfonamides is 1. The van der Waals surface area contributed by atoms with Crippen molar-refractivity contribution in [2.45, 2.75) is 4.90 Å². The first-order valence-electron chi connectivity index (χ1n) is 9.03. The first-order chi connectivity index (χ1) is 15.3. The lowest BCUT2D eigenvalue weighted by Gasteiger charge is -2.12. The van der Waals surface area contributed by atoms with Crippen LogP contribution in [0.15, 0.2) is 87.8 Å². The molecule has 164 valence electrons. The smallest absolute Gasteiger partial charge is 0.270 e. The highest BCUT2D eigenvalue weighted by molar-refractivity contribution is 7.93. The molecule has 0 heterocycles. The third-order valence-electron chi connectivity index (χ3n) is 4.06. The van der Waals surface area contributed by atoms with Gasteiger partial charge in [0.2, 0.25) is 0 Å². The number of rotatable bonds is 8. The van der Waals surface area contributed by atoms with Crippen LogP contribution >= 0.6 is 23.2 Å². The minimum absolute atomic E-state index is 0.00980. The monoisotopic (exact) mass is 490 g/mol. The summed E-state index contributed by atoms with van der Waals surface area (Å²) in [6, 6.07) is 18.8. The molecule has 0 bridgehead atoms. The van der Waals surface area contributed by atoms with E-state index in [9.17, 15) is 18.5 Å². The fraction of sp³-hybridized carbons (Fsp3) is 0. The molecule has 3 aromatic carbocycles. The number of allylic oxidation sites excluding steroid dienone is 1. The molecule has 32 heavy (non-hydrogen) atoms. The second-order valence-electron chi connectivity index (χ2n) is 6.33. The average molecular weight is 491 g/mol. The predicted molar refractivity (Wildman–Crippen MR) is 128 cm³/mol. The third kappa shape index (κ3) is 6.07. The van der Waals surface area contributed by atoms with Crippen LogP contribution in [0.4, 0.5) is 17.1 Å². The van der Waals surface area contributed by atoms with E-state index in [0.717, 1.165) is 17.7 Å². The van der Waals surface area contributed by atoms with E-state index >= 15 is 0 Å². The summed E-state index contributed by atoms with van der Waals surface area (Å²) in [5, 5.41) is 15.6. The Kier molecular flexibility index (Phi) is 7.47. The van der Waals surface area contributed by atoms with Crippen molar-refractivity contribution in [2.75, 3.05) is 10.1 Å². The number of hydrazone groups is 1. The molecule has 0 aliphatic carbocycles. The maximum atomic E-state index is 13.0. The number of para-hydroxylation sites is 1. The largest absolute Gasteiger partial charge is 0.278 e. The van der Waals surface area contributed by atoms with Crippen LogP contribution in [0, 0.1) is 10.1 Å². The quantitative estimate of drug-likeness (QED) is 0.238. The SMILES string of the molecule is O=[N+]([O-])c1ccc(NN=CC(Cl)=Cc2ccccc2)c(S(=O)(=O)Nc2ccccc2Cl)c1. The summed E-state index contributed by atoms with van der Waals surface area (Å²) in [6.45, 7) is 0. The highest BCUT2D eigenvalue weighted by atomic mass is 35.5. The number of anilines is 2. The van der Waals surface area contributed by atoms with E-state index in [-0.39, 0.29) is 26.3 Å². The van der Waals surface area contributed by atoms with Crippen LogP contribution in [0.3, 0.4) is 0 Å². The van der Waals surface area contributed by atoms with E-state index in [1.807, 2.05) is 30.3 Å². The van der Waals surface area contributed by atoms with Gasteiger partial charge in [0.25, 0.3) is 15.7 Å². The molecule has 0 saturated heterocycles. The number of nitrogens with zero attached hydrogens (tertiary/aromatic N) is 2. The lowest BCUT2D eigenvalue weighted by molar-refractivity contribution is -0.385. The minimum atomic E-state index is -4.24. The standard InChI is InChI=1S/C21H16Cl2N4O4S/c22-16(12-15-6-2-1-3-7-15)14-24-25-20-11-10-17(27(28)29)13-21(20)32(30,31)26-19-9-5-4-8-18(19)23/h1-14,25-26H. The molecule has 11 heteroatoms. The summed E-state index contributed by atoms with van der Waals surface area (Å²) in [6.07, 6.45) is 2.95. The van der Waals surface area contributed by atoms with Gasteiger partial charge in [-0.3, -0.25) is 20.3 Å². The Bertz CT molecular complexity index is 1300. The molecule has 3 rings (SSSR count). The molecule has 0 unspecified atom stereocenters. The Hall–Kier alpha value is -3.40. The van der Waals surface area contributed by atoms with Crippen LogP contribution in [-0.2, 0) is 10.0 Å². The fourth-order valence-electron chi connectivity index (χ4n) is 2.59. The summed E-state index contributed by atoms with van der Waals surface area (Å²) < 4.78 is 28.3. The van der Waals surface area contributed by atoms with Gasteiger partial charge < -0.3 is 0 Å². The molecule has 0 fully saturated rings. The Morgan fingerprint density at radius 2 is 1.69 bits per heavy atom. The predicted octanol–water partition coefficient (Wildman–Crippen LogP) is 5.73. The molecule has 8 nitrogen and oxygen atoms in total. The van der Waals surface area contributed by atoms with Crippen LogP contribution in [0.2, 0.25) is 5.02 Å². The molecular formula is C21H16Cl2N4O4S. The van der Waals surface area contributed by atoms with Crippen LogP contribution in [0.1, 0.15) is 5.56 Å². The van der Waals surface area contributed by atoms with Gasteiger partial charge in [0.05, 0.1) is 32.6 Å². The number of hydrogen-bond donors (Lipinski definition) is 2. The van der Waals surface area contributed by atoms with Crippen molar-refractivity contribution in [3.05, 3.63) is 98.5 Å². The van der Waals surface area contributed by atoms with Gasteiger partial charge in [0.1, 0.15) is 4.90 Å². The Morgan fingerprint density at radius 1 is 1.00 bits per heavy atom. The molecule has 0 aliphatic heterocycles. The zero-order valence-electron chi connectivity index (χ0n) is 16.3. The number of nitro benzene ring substituents is 1. The van der Waals surface area contributed by atoms with E-state index in [1.165, 1.54) is 24.4 Å². The second-order valence-corrected chi connectivity index (χ2v) is 8.83. The van der Waals surface area contributed by atoms with E-state index in [1.54, 1.807) is 18.2 Å².